The van der Waals surface area contributed by atoms with Gasteiger partial charge in [0.15, 0.2) is 0 Å². The average Bonchev–Trinajstić information content (AvgIpc) is 2.16. The Hall–Kier alpha value is -0.990. The molecule has 2 aromatic rings. The number of methoxy groups -OCH3 is 1. The minimum atomic E-state index is 0.559. The van der Waals surface area contributed by atoms with Gasteiger partial charge in [-0.2, -0.15) is 0 Å². The number of nitrogens with zero attached hydrogens (tertiary/aromatic N) is 1. The van der Waals surface area contributed by atoms with Crippen LogP contribution in [-0.4, -0.2) is 12.1 Å². The summed E-state index contributed by atoms with van der Waals surface area (Å²) in [6, 6.07) is 5.39. The highest BCUT2D eigenvalue weighted by atomic mass is 35.5. The molecule has 0 aliphatic rings. The van der Waals surface area contributed by atoms with E-state index in [1.54, 1.807) is 25.4 Å². The van der Waals surface area contributed by atoms with Crippen LogP contribution in [0.25, 0.3) is 10.9 Å². The molecule has 0 spiro atoms. The molecule has 0 atom stereocenters. The van der Waals surface area contributed by atoms with Gasteiger partial charge in [-0.05, 0) is 12.1 Å². The van der Waals surface area contributed by atoms with E-state index in [0.717, 1.165) is 10.9 Å². The summed E-state index contributed by atoms with van der Waals surface area (Å²) in [7, 11) is 1.57. The number of aromatic nitrogens is 1. The molecule has 0 saturated carbocycles. The Morgan fingerprint density at radius 3 is 2.71 bits per heavy atom. The minimum absolute atomic E-state index is 0.559. The number of benzene rings is 1. The molecule has 0 fully saturated rings. The Kier molecular flexibility index (Phi) is 2.48. The second-order valence-electron chi connectivity index (χ2n) is 2.83. The van der Waals surface area contributed by atoms with Crippen molar-refractivity contribution in [3.63, 3.8) is 0 Å². The molecule has 0 bridgehead atoms. The van der Waals surface area contributed by atoms with Crippen LogP contribution < -0.4 is 4.74 Å². The number of hydrogen-bond donors (Lipinski definition) is 0. The lowest BCUT2D eigenvalue weighted by Crippen LogP contribution is -1.86. The zero-order valence-electron chi connectivity index (χ0n) is 7.42. The number of pyridine rings is 1. The lowest BCUT2D eigenvalue weighted by atomic mass is 10.2. The molecule has 0 unspecified atom stereocenters. The Balaban J connectivity index is 2.73. The van der Waals surface area contributed by atoms with E-state index < -0.39 is 0 Å². The van der Waals surface area contributed by atoms with Crippen molar-refractivity contribution < 1.29 is 4.74 Å². The molecule has 0 amide bonds. The molecule has 0 aliphatic carbocycles. The van der Waals surface area contributed by atoms with E-state index in [1.807, 2.05) is 6.07 Å². The summed E-state index contributed by atoms with van der Waals surface area (Å²) < 4.78 is 5.08. The number of fused-ring (bicyclic) bond motifs is 1. The second-order valence-corrected chi connectivity index (χ2v) is 3.68. The first-order chi connectivity index (χ1) is 6.70. The fourth-order valence-electron chi connectivity index (χ4n) is 1.26. The van der Waals surface area contributed by atoms with Gasteiger partial charge in [-0.3, -0.25) is 4.98 Å². The molecule has 1 heterocycles. The average molecular weight is 228 g/mol. The van der Waals surface area contributed by atoms with Gasteiger partial charge in [0.05, 0.1) is 22.7 Å². The Morgan fingerprint density at radius 2 is 2.00 bits per heavy atom. The molecule has 14 heavy (non-hydrogen) atoms. The van der Waals surface area contributed by atoms with Crippen molar-refractivity contribution in [2.45, 2.75) is 0 Å². The molecule has 72 valence electrons. The van der Waals surface area contributed by atoms with Gasteiger partial charge < -0.3 is 4.74 Å². The van der Waals surface area contributed by atoms with Crippen molar-refractivity contribution in [1.29, 1.82) is 0 Å². The van der Waals surface area contributed by atoms with E-state index in [4.69, 9.17) is 27.9 Å². The lowest BCUT2D eigenvalue weighted by molar-refractivity contribution is 0.415. The van der Waals surface area contributed by atoms with Crippen LogP contribution in [0, 0.1) is 0 Å². The first kappa shape index (κ1) is 9.56. The first-order valence-corrected chi connectivity index (χ1v) is 4.75. The molecule has 0 radical (unpaired) electrons. The smallest absolute Gasteiger partial charge is 0.139 e. The molecule has 0 aliphatic heterocycles. The summed E-state index contributed by atoms with van der Waals surface area (Å²) in [5.74, 6) is 0.619. The van der Waals surface area contributed by atoms with Crippen LogP contribution in [0.4, 0.5) is 0 Å². The van der Waals surface area contributed by atoms with Crippen LogP contribution in [0.2, 0.25) is 10.0 Å². The third kappa shape index (κ3) is 1.63. The van der Waals surface area contributed by atoms with Gasteiger partial charge in [-0.1, -0.05) is 23.2 Å². The SMILES string of the molecule is COc1cc2ncc(Cl)cc2cc1Cl. The number of rotatable bonds is 1. The summed E-state index contributed by atoms with van der Waals surface area (Å²) in [4.78, 5) is 4.16. The topological polar surface area (TPSA) is 22.1 Å². The maximum Gasteiger partial charge on any atom is 0.139 e. The van der Waals surface area contributed by atoms with Crippen molar-refractivity contribution in [3.05, 3.63) is 34.4 Å². The molecular weight excluding hydrogens is 221 g/mol. The van der Waals surface area contributed by atoms with E-state index >= 15 is 0 Å². The standard InChI is InChI=1S/C10H7Cl2NO/c1-14-10-4-9-6(3-8(10)12)2-7(11)5-13-9/h2-5H,1H3. The Labute approximate surface area is 91.4 Å². The van der Waals surface area contributed by atoms with Crippen LogP contribution in [0.3, 0.4) is 0 Å². The molecule has 4 heteroatoms. The number of halogens is 2. The number of hydrogen-bond acceptors (Lipinski definition) is 2. The zero-order valence-corrected chi connectivity index (χ0v) is 8.93. The summed E-state index contributed by atoms with van der Waals surface area (Å²) >= 11 is 11.8. The molecule has 1 aromatic carbocycles. The largest absolute Gasteiger partial charge is 0.495 e. The third-order valence-corrected chi connectivity index (χ3v) is 2.42. The van der Waals surface area contributed by atoms with Gasteiger partial charge in [0.2, 0.25) is 0 Å². The van der Waals surface area contributed by atoms with Gasteiger partial charge in [-0.25, -0.2) is 0 Å². The van der Waals surface area contributed by atoms with Gasteiger partial charge >= 0.3 is 0 Å². The molecule has 2 rings (SSSR count). The monoisotopic (exact) mass is 227 g/mol. The highest BCUT2D eigenvalue weighted by Gasteiger charge is 2.04. The van der Waals surface area contributed by atoms with E-state index in [2.05, 4.69) is 4.98 Å². The molecule has 2 nitrogen and oxygen atoms in total. The third-order valence-electron chi connectivity index (χ3n) is 1.92. The maximum atomic E-state index is 5.96. The van der Waals surface area contributed by atoms with E-state index in [9.17, 15) is 0 Å². The predicted octanol–water partition coefficient (Wildman–Crippen LogP) is 3.55. The summed E-state index contributed by atoms with van der Waals surface area (Å²) in [5, 5.41) is 2.06. The fraction of sp³-hybridized carbons (Fsp3) is 0.100. The number of ether oxygens (including phenoxy) is 1. The summed E-state index contributed by atoms with van der Waals surface area (Å²) in [6.07, 6.45) is 1.59. The molecular formula is C10H7Cl2NO. The van der Waals surface area contributed by atoms with E-state index in [-0.39, 0.29) is 0 Å². The lowest BCUT2D eigenvalue weighted by Gasteiger charge is -2.04. The normalized spacial score (nSPS) is 10.5. The molecule has 0 saturated heterocycles. The van der Waals surface area contributed by atoms with Crippen LogP contribution in [0.15, 0.2) is 24.4 Å². The van der Waals surface area contributed by atoms with Crippen molar-refractivity contribution in [2.24, 2.45) is 0 Å². The maximum absolute atomic E-state index is 5.96. The molecule has 1 aromatic heterocycles. The van der Waals surface area contributed by atoms with Crippen molar-refractivity contribution in [3.8, 4) is 5.75 Å². The molecule has 0 N–H and O–H groups in total. The van der Waals surface area contributed by atoms with Crippen LogP contribution in [-0.2, 0) is 0 Å². The second kappa shape index (κ2) is 3.64. The Morgan fingerprint density at radius 1 is 1.21 bits per heavy atom. The van der Waals surface area contributed by atoms with Crippen LogP contribution >= 0.6 is 23.2 Å². The predicted molar refractivity (Wildman–Crippen MR) is 58.3 cm³/mol. The van der Waals surface area contributed by atoms with Crippen molar-refractivity contribution in [1.82, 2.24) is 4.98 Å². The first-order valence-electron chi connectivity index (χ1n) is 3.99. The van der Waals surface area contributed by atoms with Crippen molar-refractivity contribution in [2.75, 3.05) is 7.11 Å². The van der Waals surface area contributed by atoms with E-state index in [1.165, 1.54) is 0 Å². The highest BCUT2D eigenvalue weighted by Crippen LogP contribution is 2.29. The summed E-state index contributed by atoms with van der Waals surface area (Å²) in [6.45, 7) is 0. The van der Waals surface area contributed by atoms with Gasteiger partial charge in [-0.15, -0.1) is 0 Å². The quantitative estimate of drug-likeness (QED) is 0.744. The zero-order chi connectivity index (χ0) is 10.1. The van der Waals surface area contributed by atoms with E-state index in [0.29, 0.717) is 15.8 Å². The fourth-order valence-corrected chi connectivity index (χ4v) is 1.67. The van der Waals surface area contributed by atoms with Crippen molar-refractivity contribution >= 4 is 34.1 Å². The van der Waals surface area contributed by atoms with Crippen LogP contribution in [0.5, 0.6) is 5.75 Å². The van der Waals surface area contributed by atoms with Gasteiger partial charge in [0.25, 0.3) is 0 Å². The highest BCUT2D eigenvalue weighted by molar-refractivity contribution is 6.33. The van der Waals surface area contributed by atoms with Gasteiger partial charge in [0.1, 0.15) is 5.75 Å². The Bertz CT molecular complexity index is 485. The van der Waals surface area contributed by atoms with Crippen LogP contribution in [0.1, 0.15) is 0 Å². The van der Waals surface area contributed by atoms with Gasteiger partial charge in [0, 0.05) is 17.6 Å². The summed E-state index contributed by atoms with van der Waals surface area (Å²) in [5.41, 5.74) is 0.815. The minimum Gasteiger partial charge on any atom is -0.495 e.